The van der Waals surface area contributed by atoms with Crippen molar-refractivity contribution >= 4 is 5.91 Å². The average Bonchev–Trinajstić information content (AvgIpc) is 2.38. The molecule has 1 fully saturated rings. The van der Waals surface area contributed by atoms with E-state index in [1.54, 1.807) is 6.20 Å². The number of pyridine rings is 1. The lowest BCUT2D eigenvalue weighted by Crippen LogP contribution is -2.53. The Bertz CT molecular complexity index is 482. The molecule has 5 nitrogen and oxygen atoms in total. The maximum atomic E-state index is 12.2. The van der Waals surface area contributed by atoms with Crippen LogP contribution < -0.4 is 5.32 Å². The van der Waals surface area contributed by atoms with Gasteiger partial charge in [-0.05, 0) is 38.5 Å². The van der Waals surface area contributed by atoms with Crippen LogP contribution in [0.15, 0.2) is 18.3 Å². The van der Waals surface area contributed by atoms with Crippen LogP contribution in [0.5, 0.6) is 0 Å². The zero-order chi connectivity index (χ0) is 15.3. The van der Waals surface area contributed by atoms with E-state index in [4.69, 9.17) is 4.74 Å². The number of amides is 1. The summed E-state index contributed by atoms with van der Waals surface area (Å²) in [5, 5.41) is 3.11. The molecule has 5 heteroatoms. The Morgan fingerprint density at radius 3 is 2.81 bits per heavy atom. The number of rotatable bonds is 5. The van der Waals surface area contributed by atoms with Gasteiger partial charge in [0.25, 0.3) is 0 Å². The first kappa shape index (κ1) is 15.9. The monoisotopic (exact) mass is 291 g/mol. The number of hydrogen-bond donors (Lipinski definition) is 1. The van der Waals surface area contributed by atoms with Crippen LogP contribution in [0.4, 0.5) is 0 Å². The minimum Gasteiger partial charge on any atom is -0.379 e. The number of nitrogens with zero attached hydrogens (tertiary/aromatic N) is 2. The number of carbonyl (C=O) groups excluding carboxylic acids is 1. The van der Waals surface area contributed by atoms with Crippen LogP contribution in [0, 0.1) is 6.92 Å². The van der Waals surface area contributed by atoms with Gasteiger partial charge in [-0.1, -0.05) is 0 Å². The molecule has 0 aliphatic carbocycles. The normalized spacial score (nSPS) is 16.7. The lowest BCUT2D eigenvalue weighted by molar-refractivity contribution is -0.122. The molecule has 116 valence electrons. The fraction of sp³-hybridized carbons (Fsp3) is 0.625. The molecular formula is C16H25N3O2. The van der Waals surface area contributed by atoms with Crippen molar-refractivity contribution in [2.45, 2.75) is 32.7 Å². The minimum absolute atomic E-state index is 0.0198. The molecule has 1 aliphatic heterocycles. The van der Waals surface area contributed by atoms with E-state index in [2.05, 4.69) is 29.0 Å². The molecule has 0 atom stereocenters. The maximum Gasteiger partial charge on any atom is 0.226 e. The summed E-state index contributed by atoms with van der Waals surface area (Å²) in [6.07, 6.45) is 2.07. The Balaban J connectivity index is 1.85. The highest BCUT2D eigenvalue weighted by Gasteiger charge is 2.25. The van der Waals surface area contributed by atoms with Gasteiger partial charge in [-0.3, -0.25) is 14.7 Å². The molecule has 1 amide bonds. The summed E-state index contributed by atoms with van der Waals surface area (Å²) in [5.74, 6) is 0.0198. The van der Waals surface area contributed by atoms with Gasteiger partial charge in [0.2, 0.25) is 5.91 Å². The van der Waals surface area contributed by atoms with E-state index in [1.807, 2.05) is 19.1 Å². The Labute approximate surface area is 126 Å². The molecule has 0 spiro atoms. The molecule has 2 heterocycles. The summed E-state index contributed by atoms with van der Waals surface area (Å²) >= 11 is 0. The molecule has 0 unspecified atom stereocenters. The largest absolute Gasteiger partial charge is 0.379 e. The molecule has 0 saturated carbocycles. The van der Waals surface area contributed by atoms with Crippen LogP contribution in [-0.4, -0.2) is 54.2 Å². The predicted octanol–water partition coefficient (Wildman–Crippen LogP) is 1.16. The lowest BCUT2D eigenvalue weighted by atomic mass is 10.0. The average molecular weight is 291 g/mol. The summed E-state index contributed by atoms with van der Waals surface area (Å²) in [6, 6.07) is 3.89. The molecule has 1 saturated heterocycles. The van der Waals surface area contributed by atoms with Crippen LogP contribution >= 0.6 is 0 Å². The predicted molar refractivity (Wildman–Crippen MR) is 82.2 cm³/mol. The topological polar surface area (TPSA) is 54.5 Å². The number of nitrogens with one attached hydrogen (secondary N) is 1. The summed E-state index contributed by atoms with van der Waals surface area (Å²) in [4.78, 5) is 18.8. The van der Waals surface area contributed by atoms with E-state index < -0.39 is 0 Å². The third kappa shape index (κ3) is 5.44. The number of carbonyl (C=O) groups is 1. The van der Waals surface area contributed by atoms with Crippen molar-refractivity contribution in [3.63, 3.8) is 0 Å². The van der Waals surface area contributed by atoms with Gasteiger partial charge in [-0.2, -0.15) is 0 Å². The molecule has 1 aromatic rings. The van der Waals surface area contributed by atoms with Crippen LogP contribution in [0.3, 0.4) is 0 Å². The maximum absolute atomic E-state index is 12.2. The Morgan fingerprint density at radius 1 is 1.43 bits per heavy atom. The van der Waals surface area contributed by atoms with E-state index in [9.17, 15) is 4.79 Å². The van der Waals surface area contributed by atoms with Gasteiger partial charge in [-0.25, -0.2) is 0 Å². The van der Waals surface area contributed by atoms with Crippen molar-refractivity contribution in [2.24, 2.45) is 0 Å². The first-order chi connectivity index (χ1) is 9.94. The van der Waals surface area contributed by atoms with E-state index >= 15 is 0 Å². The lowest BCUT2D eigenvalue weighted by Gasteiger charge is -2.35. The molecule has 0 radical (unpaired) electrons. The molecule has 0 bridgehead atoms. The van der Waals surface area contributed by atoms with E-state index in [-0.39, 0.29) is 11.4 Å². The quantitative estimate of drug-likeness (QED) is 0.884. The van der Waals surface area contributed by atoms with Crippen molar-refractivity contribution in [1.82, 2.24) is 15.2 Å². The van der Waals surface area contributed by atoms with Crippen LogP contribution in [0.2, 0.25) is 0 Å². The van der Waals surface area contributed by atoms with Gasteiger partial charge in [0.05, 0.1) is 19.6 Å². The second-order valence-corrected chi connectivity index (χ2v) is 6.32. The van der Waals surface area contributed by atoms with E-state index in [0.717, 1.165) is 44.1 Å². The van der Waals surface area contributed by atoms with Gasteiger partial charge in [-0.15, -0.1) is 0 Å². The number of morpholine rings is 1. The highest BCUT2D eigenvalue weighted by Crippen LogP contribution is 2.09. The van der Waals surface area contributed by atoms with Crippen molar-refractivity contribution < 1.29 is 9.53 Å². The first-order valence-electron chi connectivity index (χ1n) is 7.47. The SMILES string of the molecule is Cc1ccnc(CC(=O)NC(C)(C)CN2CCOCC2)c1. The zero-order valence-corrected chi connectivity index (χ0v) is 13.2. The third-order valence-corrected chi connectivity index (χ3v) is 3.51. The number of aryl methyl sites for hydroxylation is 1. The third-order valence-electron chi connectivity index (χ3n) is 3.51. The van der Waals surface area contributed by atoms with Crippen molar-refractivity contribution in [3.05, 3.63) is 29.6 Å². The summed E-state index contributed by atoms with van der Waals surface area (Å²) in [7, 11) is 0. The Kier molecular flexibility index (Phi) is 5.31. The van der Waals surface area contributed by atoms with E-state index in [1.165, 1.54) is 0 Å². The smallest absolute Gasteiger partial charge is 0.226 e. The van der Waals surface area contributed by atoms with Gasteiger partial charge in [0, 0.05) is 37.1 Å². The summed E-state index contributed by atoms with van der Waals surface area (Å²) < 4.78 is 5.35. The summed E-state index contributed by atoms with van der Waals surface area (Å²) in [5.41, 5.74) is 1.69. The van der Waals surface area contributed by atoms with Crippen molar-refractivity contribution in [3.8, 4) is 0 Å². The number of aromatic nitrogens is 1. The fourth-order valence-electron chi connectivity index (χ4n) is 2.64. The van der Waals surface area contributed by atoms with Crippen molar-refractivity contribution in [1.29, 1.82) is 0 Å². The highest BCUT2D eigenvalue weighted by atomic mass is 16.5. The minimum atomic E-state index is -0.252. The Hall–Kier alpha value is -1.46. The van der Waals surface area contributed by atoms with Gasteiger partial charge < -0.3 is 10.1 Å². The molecule has 1 aromatic heterocycles. The van der Waals surface area contributed by atoms with Gasteiger partial charge >= 0.3 is 0 Å². The fourth-order valence-corrected chi connectivity index (χ4v) is 2.64. The van der Waals surface area contributed by atoms with Crippen LogP contribution in [-0.2, 0) is 16.0 Å². The first-order valence-corrected chi connectivity index (χ1v) is 7.47. The Morgan fingerprint density at radius 2 is 2.14 bits per heavy atom. The molecule has 1 aliphatic rings. The molecule has 2 rings (SSSR count). The van der Waals surface area contributed by atoms with Gasteiger partial charge in [0.1, 0.15) is 0 Å². The molecular weight excluding hydrogens is 266 g/mol. The van der Waals surface area contributed by atoms with Crippen LogP contribution in [0.1, 0.15) is 25.1 Å². The zero-order valence-electron chi connectivity index (χ0n) is 13.2. The summed E-state index contributed by atoms with van der Waals surface area (Å²) in [6.45, 7) is 10.4. The van der Waals surface area contributed by atoms with Crippen LogP contribution in [0.25, 0.3) is 0 Å². The molecule has 1 N–H and O–H groups in total. The second kappa shape index (κ2) is 7.00. The van der Waals surface area contributed by atoms with Crippen molar-refractivity contribution in [2.75, 3.05) is 32.8 Å². The molecule has 21 heavy (non-hydrogen) atoms. The van der Waals surface area contributed by atoms with Gasteiger partial charge in [0.15, 0.2) is 0 Å². The second-order valence-electron chi connectivity index (χ2n) is 6.32. The highest BCUT2D eigenvalue weighted by molar-refractivity contribution is 5.78. The number of ether oxygens (including phenoxy) is 1. The molecule has 0 aromatic carbocycles. The van der Waals surface area contributed by atoms with E-state index in [0.29, 0.717) is 6.42 Å². The standard InChI is InChI=1S/C16H25N3O2/c1-13-4-5-17-14(10-13)11-15(20)18-16(2,3)12-19-6-8-21-9-7-19/h4-5,10H,6-9,11-12H2,1-3H3,(H,18,20). The number of hydrogen-bond acceptors (Lipinski definition) is 4.